The summed E-state index contributed by atoms with van der Waals surface area (Å²) >= 11 is 1.34. The summed E-state index contributed by atoms with van der Waals surface area (Å²) in [5.74, 6) is -0.417. The van der Waals surface area contributed by atoms with E-state index in [2.05, 4.69) is 4.74 Å². The molecule has 0 aromatic heterocycles. The molecule has 0 aromatic carbocycles. The summed E-state index contributed by atoms with van der Waals surface area (Å²) in [6.07, 6.45) is -0.0562. The molecule has 1 saturated heterocycles. The van der Waals surface area contributed by atoms with E-state index >= 15 is 0 Å². The van der Waals surface area contributed by atoms with E-state index in [4.69, 9.17) is 4.74 Å². The van der Waals surface area contributed by atoms with Crippen molar-refractivity contribution in [3.8, 4) is 0 Å². The number of thioether (sulfide) groups is 1. The molecular weight excluding hydrogens is 246 g/mol. The molecule has 0 aliphatic carbocycles. The average Bonchev–Trinajstić information content (AvgIpc) is 2.39. The summed E-state index contributed by atoms with van der Waals surface area (Å²) in [5.41, 5.74) is -0.729. The van der Waals surface area contributed by atoms with Crippen LogP contribution in [-0.4, -0.2) is 46.7 Å². The van der Waals surface area contributed by atoms with Gasteiger partial charge in [0.25, 0.3) is 0 Å². The number of nitrogens with zero attached hydrogens (tertiary/aromatic N) is 1. The summed E-state index contributed by atoms with van der Waals surface area (Å²) in [6.45, 7) is 5.03. The molecule has 0 N–H and O–H groups in total. The predicted octanol–water partition coefficient (Wildman–Crippen LogP) is 1.63. The number of carbonyl (C=O) groups is 3. The molecule has 1 fully saturated rings. The van der Waals surface area contributed by atoms with E-state index in [-0.39, 0.29) is 0 Å². The molecule has 0 spiro atoms. The van der Waals surface area contributed by atoms with Gasteiger partial charge >= 0.3 is 18.2 Å². The van der Waals surface area contributed by atoms with E-state index < -0.39 is 29.8 Å². The molecular formula is C10H15NO5S. The fourth-order valence-electron chi connectivity index (χ4n) is 1.25. The van der Waals surface area contributed by atoms with Crippen molar-refractivity contribution in [2.75, 3.05) is 12.0 Å². The Balaban J connectivity index is 2.82. The van der Waals surface area contributed by atoms with Gasteiger partial charge in [0.2, 0.25) is 0 Å². The van der Waals surface area contributed by atoms with Crippen molar-refractivity contribution in [3.05, 3.63) is 0 Å². The monoisotopic (exact) mass is 261 g/mol. The lowest BCUT2D eigenvalue weighted by Gasteiger charge is -2.24. The van der Waals surface area contributed by atoms with Gasteiger partial charge < -0.3 is 9.47 Å². The topological polar surface area (TPSA) is 72.9 Å². The first-order valence-electron chi connectivity index (χ1n) is 5.03. The number of carbonyl (C=O) groups excluding carboxylic acids is 3. The highest BCUT2D eigenvalue weighted by Crippen LogP contribution is 2.20. The summed E-state index contributed by atoms with van der Waals surface area (Å²) in [4.78, 5) is 35.2. The fraction of sp³-hybridized carbons (Fsp3) is 0.700. The van der Waals surface area contributed by atoms with Crippen LogP contribution in [0, 0.1) is 0 Å². The second kappa shape index (κ2) is 4.95. The van der Waals surface area contributed by atoms with Crippen molar-refractivity contribution >= 4 is 29.9 Å². The van der Waals surface area contributed by atoms with Gasteiger partial charge in [0.15, 0.2) is 6.04 Å². The van der Waals surface area contributed by atoms with E-state index in [1.165, 1.54) is 11.8 Å². The third-order valence-corrected chi connectivity index (χ3v) is 2.53. The van der Waals surface area contributed by atoms with E-state index in [9.17, 15) is 14.4 Å². The van der Waals surface area contributed by atoms with Gasteiger partial charge in [-0.3, -0.25) is 0 Å². The van der Waals surface area contributed by atoms with Gasteiger partial charge in [-0.25, -0.2) is 14.4 Å². The van der Waals surface area contributed by atoms with Crippen LogP contribution < -0.4 is 0 Å². The highest BCUT2D eigenvalue weighted by atomic mass is 32.2. The van der Waals surface area contributed by atoms with Crippen LogP contribution >= 0.6 is 11.8 Å². The Morgan fingerprint density at radius 1 is 1.47 bits per heavy atom. The number of esters is 1. The lowest BCUT2D eigenvalue weighted by atomic mass is 10.2. The molecule has 0 unspecified atom stereocenters. The predicted molar refractivity (Wildman–Crippen MR) is 61.7 cm³/mol. The maximum Gasteiger partial charge on any atom is 0.427 e. The van der Waals surface area contributed by atoms with Crippen LogP contribution in [0.3, 0.4) is 0 Å². The molecule has 1 aliphatic heterocycles. The molecule has 0 radical (unpaired) electrons. The van der Waals surface area contributed by atoms with E-state index in [0.29, 0.717) is 5.75 Å². The van der Waals surface area contributed by atoms with Gasteiger partial charge in [-0.05, 0) is 27.0 Å². The van der Waals surface area contributed by atoms with Crippen LogP contribution in [0.15, 0.2) is 0 Å². The maximum atomic E-state index is 11.7. The first-order chi connectivity index (χ1) is 7.76. The molecule has 1 atom stereocenters. The molecule has 0 bridgehead atoms. The van der Waals surface area contributed by atoms with E-state index in [1.54, 1.807) is 27.0 Å². The van der Waals surface area contributed by atoms with Gasteiger partial charge in [0.1, 0.15) is 5.60 Å². The Morgan fingerprint density at radius 3 is 2.53 bits per heavy atom. The van der Waals surface area contributed by atoms with Crippen LogP contribution in [0.4, 0.5) is 9.59 Å². The molecule has 17 heavy (non-hydrogen) atoms. The SMILES string of the molecule is CSC[C@H]1C(=O)OC(=O)N1C(=O)OC(C)(C)C. The number of hydrogen-bond donors (Lipinski definition) is 0. The molecule has 1 aliphatic rings. The maximum absolute atomic E-state index is 11.7. The lowest BCUT2D eigenvalue weighted by Crippen LogP contribution is -2.44. The smallest absolute Gasteiger partial charge is 0.427 e. The van der Waals surface area contributed by atoms with Gasteiger partial charge in [0.05, 0.1) is 0 Å². The molecule has 96 valence electrons. The summed E-state index contributed by atoms with van der Waals surface area (Å²) < 4.78 is 9.45. The number of hydrogen-bond acceptors (Lipinski definition) is 6. The lowest BCUT2D eigenvalue weighted by molar-refractivity contribution is -0.135. The standard InChI is InChI=1S/C10H15NO5S/c1-10(2,3)16-9(14)11-6(5-17-4)7(12)15-8(11)13/h6H,5H2,1-4H3/t6-/m0/s1. The molecule has 1 rings (SSSR count). The highest BCUT2D eigenvalue weighted by Gasteiger charge is 2.46. The van der Waals surface area contributed by atoms with Gasteiger partial charge in [-0.1, -0.05) is 0 Å². The van der Waals surface area contributed by atoms with Crippen LogP contribution in [0.1, 0.15) is 20.8 Å². The third-order valence-electron chi connectivity index (χ3n) is 1.88. The number of cyclic esters (lactones) is 2. The summed E-state index contributed by atoms with van der Waals surface area (Å²) in [6, 6.07) is -0.896. The second-order valence-corrected chi connectivity index (χ2v) is 5.42. The molecule has 6 nitrogen and oxygen atoms in total. The Kier molecular flexibility index (Phi) is 4.03. The Morgan fingerprint density at radius 2 is 2.06 bits per heavy atom. The normalized spacial score (nSPS) is 20.5. The molecule has 0 saturated carbocycles. The largest absolute Gasteiger partial charge is 0.443 e. The first kappa shape index (κ1) is 13.8. The number of ether oxygens (including phenoxy) is 2. The van der Waals surface area contributed by atoms with Crippen LogP contribution in [0.25, 0.3) is 0 Å². The molecule has 2 amide bonds. The fourth-order valence-corrected chi connectivity index (χ4v) is 1.85. The van der Waals surface area contributed by atoms with Crippen molar-refractivity contribution in [2.45, 2.75) is 32.4 Å². The Bertz CT molecular complexity index is 349. The zero-order valence-corrected chi connectivity index (χ0v) is 11.0. The van der Waals surface area contributed by atoms with Crippen molar-refractivity contribution in [3.63, 3.8) is 0 Å². The van der Waals surface area contributed by atoms with Crippen molar-refractivity contribution in [2.24, 2.45) is 0 Å². The summed E-state index contributed by atoms with van der Waals surface area (Å²) in [5, 5.41) is 0. The minimum atomic E-state index is -0.969. The zero-order valence-electron chi connectivity index (χ0n) is 10.2. The molecule has 7 heteroatoms. The minimum Gasteiger partial charge on any atom is -0.443 e. The van der Waals surface area contributed by atoms with Crippen LogP contribution in [0.5, 0.6) is 0 Å². The second-order valence-electron chi connectivity index (χ2n) is 4.51. The summed E-state index contributed by atoms with van der Waals surface area (Å²) in [7, 11) is 0. The van der Waals surface area contributed by atoms with Gasteiger partial charge in [0, 0.05) is 5.75 Å². The van der Waals surface area contributed by atoms with Crippen LogP contribution in [-0.2, 0) is 14.3 Å². The average molecular weight is 261 g/mol. The highest BCUT2D eigenvalue weighted by molar-refractivity contribution is 7.98. The van der Waals surface area contributed by atoms with Crippen molar-refractivity contribution in [1.82, 2.24) is 4.90 Å². The Labute approximate surface area is 104 Å². The van der Waals surface area contributed by atoms with E-state index in [0.717, 1.165) is 4.90 Å². The molecule has 1 heterocycles. The Hall–Kier alpha value is -1.24. The molecule has 0 aromatic rings. The minimum absolute atomic E-state index is 0.295. The van der Waals surface area contributed by atoms with Gasteiger partial charge in [-0.2, -0.15) is 16.7 Å². The van der Waals surface area contributed by atoms with E-state index in [1.807, 2.05) is 0 Å². The third kappa shape index (κ3) is 3.36. The van der Waals surface area contributed by atoms with Crippen molar-refractivity contribution < 1.29 is 23.9 Å². The van der Waals surface area contributed by atoms with Crippen molar-refractivity contribution in [1.29, 1.82) is 0 Å². The first-order valence-corrected chi connectivity index (χ1v) is 6.42. The quantitative estimate of drug-likeness (QED) is 0.555. The van der Waals surface area contributed by atoms with Gasteiger partial charge in [-0.15, -0.1) is 0 Å². The number of amides is 2. The number of imide groups is 1. The number of rotatable bonds is 2. The zero-order chi connectivity index (χ0) is 13.2. The van der Waals surface area contributed by atoms with Crippen LogP contribution in [0.2, 0.25) is 0 Å².